The van der Waals surface area contributed by atoms with Gasteiger partial charge in [0.05, 0.1) is 0 Å². The van der Waals surface area contributed by atoms with Gasteiger partial charge in [-0.05, 0) is 224 Å². The molecule has 1 heteroatoms. The standard InChI is InChI=1S/C73H96O/c1-70(2,3)45-33-43(34-46(37-45)71(4,5)6)61-66-54-32-22-30-52-55-39-57-63-51(56(55)40-58(64(52)54)68(66)62(69(61)74)44-35-47(72(7,8)9)38-48(36-44)73(10,11)12)29-21-31-53(63)65-59(41-23-15-13-16-24-41)49-27-19-20-28-50(49)60(67(57)65)42-25-17-14-18-26-42/h13-18,23-26,33-38,49-68H,19-22,27-32,39-40H2,1-12H3. The molecule has 9 aliphatic rings. The zero-order valence-corrected chi connectivity index (χ0v) is 48.2. The molecule has 0 saturated heterocycles. The van der Waals surface area contributed by atoms with Gasteiger partial charge in [0, 0.05) is 11.8 Å². The lowest BCUT2D eigenvalue weighted by Gasteiger charge is -2.59. The molecule has 9 fully saturated rings. The van der Waals surface area contributed by atoms with Crippen LogP contribution in [0.4, 0.5) is 0 Å². The van der Waals surface area contributed by atoms with E-state index in [1.165, 1.54) is 110 Å². The van der Waals surface area contributed by atoms with Gasteiger partial charge in [-0.1, -0.05) is 206 Å². The molecule has 0 amide bonds. The fraction of sp³-hybridized carbons (Fsp3) is 0.658. The van der Waals surface area contributed by atoms with Crippen LogP contribution in [0.15, 0.2) is 97.1 Å². The van der Waals surface area contributed by atoms with E-state index in [1.54, 1.807) is 11.1 Å². The van der Waals surface area contributed by atoms with Crippen molar-refractivity contribution in [3.8, 4) is 0 Å². The van der Waals surface area contributed by atoms with Gasteiger partial charge in [-0.2, -0.15) is 0 Å². The Morgan fingerprint density at radius 3 is 1.03 bits per heavy atom. The minimum Gasteiger partial charge on any atom is -0.298 e. The van der Waals surface area contributed by atoms with Crippen LogP contribution in [-0.2, 0) is 26.5 Å². The second-order valence-electron chi connectivity index (χ2n) is 31.6. The van der Waals surface area contributed by atoms with Crippen LogP contribution in [0.3, 0.4) is 0 Å². The topological polar surface area (TPSA) is 17.1 Å². The summed E-state index contributed by atoms with van der Waals surface area (Å²) < 4.78 is 0. The van der Waals surface area contributed by atoms with E-state index in [9.17, 15) is 0 Å². The van der Waals surface area contributed by atoms with Crippen molar-refractivity contribution in [3.05, 3.63) is 142 Å². The molecule has 20 atom stereocenters. The lowest BCUT2D eigenvalue weighted by Crippen LogP contribution is -2.53. The van der Waals surface area contributed by atoms with Crippen molar-refractivity contribution >= 4 is 5.78 Å². The van der Waals surface area contributed by atoms with E-state index in [4.69, 9.17) is 0 Å². The minimum absolute atomic E-state index is 0.000197. The maximum atomic E-state index is 16.6. The van der Waals surface area contributed by atoms with Crippen molar-refractivity contribution in [3.63, 3.8) is 0 Å². The van der Waals surface area contributed by atoms with E-state index in [2.05, 4.69) is 180 Å². The Labute approximate surface area is 450 Å². The quantitative estimate of drug-likeness (QED) is 0.199. The molecule has 4 aromatic rings. The van der Waals surface area contributed by atoms with Gasteiger partial charge in [0.1, 0.15) is 5.78 Å². The van der Waals surface area contributed by atoms with Crippen molar-refractivity contribution in [2.45, 2.75) is 205 Å². The summed E-state index contributed by atoms with van der Waals surface area (Å²) in [7, 11) is 0. The Balaban J connectivity index is 0.958. The minimum atomic E-state index is -0.0380. The van der Waals surface area contributed by atoms with Crippen molar-refractivity contribution in [1.82, 2.24) is 0 Å². The molecule has 1 nitrogen and oxygen atoms in total. The number of carbonyl (C=O) groups excluding carboxylic acids is 1. The van der Waals surface area contributed by atoms with E-state index in [0.717, 1.165) is 71.0 Å². The van der Waals surface area contributed by atoms with Crippen molar-refractivity contribution in [2.75, 3.05) is 0 Å². The van der Waals surface area contributed by atoms with E-state index >= 15 is 4.79 Å². The third-order valence-electron chi connectivity index (χ3n) is 24.2. The highest BCUT2D eigenvalue weighted by Gasteiger charge is 2.71. The molecule has 0 radical (unpaired) electrons. The van der Waals surface area contributed by atoms with Crippen LogP contribution in [0.5, 0.6) is 0 Å². The number of Topliss-reactive ketones (excluding diaryl/α,β-unsaturated/α-hetero) is 1. The van der Waals surface area contributed by atoms with Gasteiger partial charge in [0.2, 0.25) is 0 Å². The first-order chi connectivity index (χ1) is 35.2. The number of fused-ring (bicyclic) bond motifs is 10. The first-order valence-corrected chi connectivity index (χ1v) is 31.1. The maximum absolute atomic E-state index is 16.6. The van der Waals surface area contributed by atoms with Crippen LogP contribution in [-0.4, -0.2) is 5.78 Å². The zero-order valence-electron chi connectivity index (χ0n) is 48.2. The molecule has 4 aromatic carbocycles. The summed E-state index contributed by atoms with van der Waals surface area (Å²) in [6.07, 6.45) is 17.1. The monoisotopic (exact) mass is 989 g/mol. The van der Waals surface area contributed by atoms with Crippen molar-refractivity contribution in [1.29, 1.82) is 0 Å². The molecule has 0 spiro atoms. The molecular formula is C73H96O. The molecule has 74 heavy (non-hydrogen) atoms. The Kier molecular flexibility index (Phi) is 12.0. The predicted molar refractivity (Wildman–Crippen MR) is 308 cm³/mol. The first-order valence-electron chi connectivity index (χ1n) is 31.1. The predicted octanol–water partition coefficient (Wildman–Crippen LogP) is 18.5. The number of carbonyl (C=O) groups is 1. The Hall–Kier alpha value is -3.45. The van der Waals surface area contributed by atoms with E-state index in [0.29, 0.717) is 41.3 Å². The number of ketones is 1. The van der Waals surface area contributed by atoms with Crippen LogP contribution in [0.1, 0.15) is 228 Å². The smallest absolute Gasteiger partial charge is 0.148 e. The summed E-state index contributed by atoms with van der Waals surface area (Å²) >= 11 is 0. The molecule has 9 aliphatic carbocycles. The third-order valence-corrected chi connectivity index (χ3v) is 24.2. The lowest BCUT2D eigenvalue weighted by molar-refractivity contribution is -0.124. The fourth-order valence-corrected chi connectivity index (χ4v) is 21.6. The number of hydrogen-bond acceptors (Lipinski definition) is 1. The highest BCUT2D eigenvalue weighted by molar-refractivity contribution is 5.95. The largest absolute Gasteiger partial charge is 0.298 e. The van der Waals surface area contributed by atoms with Gasteiger partial charge >= 0.3 is 0 Å². The highest BCUT2D eigenvalue weighted by Crippen LogP contribution is 2.77. The molecule has 394 valence electrons. The first kappa shape index (κ1) is 50.1. The molecule has 0 N–H and O–H groups in total. The van der Waals surface area contributed by atoms with Crippen molar-refractivity contribution in [2.24, 2.45) is 94.7 Å². The fourth-order valence-electron chi connectivity index (χ4n) is 21.6. The van der Waals surface area contributed by atoms with Crippen LogP contribution in [0.25, 0.3) is 0 Å². The third kappa shape index (κ3) is 7.86. The number of rotatable bonds is 4. The Morgan fingerprint density at radius 2 is 0.635 bits per heavy atom. The summed E-state index contributed by atoms with van der Waals surface area (Å²) in [5.41, 5.74) is 11.7. The molecule has 0 bridgehead atoms. The van der Waals surface area contributed by atoms with Crippen LogP contribution >= 0.6 is 0 Å². The average Bonchev–Trinajstić information content (AvgIpc) is 3.98. The summed E-state index contributed by atoms with van der Waals surface area (Å²) in [4.78, 5) is 16.6. The normalized spacial score (nSPS) is 40.4. The second kappa shape index (κ2) is 17.8. The summed E-state index contributed by atoms with van der Waals surface area (Å²) in [5, 5.41) is 0. The molecular weight excluding hydrogens is 893 g/mol. The summed E-state index contributed by atoms with van der Waals surface area (Å²) in [6.45, 7) is 28.7. The van der Waals surface area contributed by atoms with Gasteiger partial charge in [-0.15, -0.1) is 0 Å². The number of hydrogen-bond donors (Lipinski definition) is 0. The zero-order chi connectivity index (χ0) is 51.5. The Morgan fingerprint density at radius 1 is 0.311 bits per heavy atom. The summed E-state index contributed by atoms with van der Waals surface area (Å²) in [6, 6.07) is 39.7. The van der Waals surface area contributed by atoms with Gasteiger partial charge in [0.15, 0.2) is 0 Å². The van der Waals surface area contributed by atoms with Crippen molar-refractivity contribution < 1.29 is 4.79 Å². The SMILES string of the molecule is CC(C)(C)c1cc(C2C(=O)C(c3cc(C(C)(C)C)cc(C(C)(C)C)c3)C3C4CC5C(CC6C7C5CCCC7C5C(c7ccccc7)C7CCCCC7C(c7ccccc7)C65)C5CCCC(C54)C23)cc(C(C)(C)C)c1. The average molecular weight is 990 g/mol. The summed E-state index contributed by atoms with van der Waals surface area (Å²) in [5.74, 6) is 13.9. The lowest BCUT2D eigenvalue weighted by atomic mass is 9.45. The van der Waals surface area contributed by atoms with Crippen LogP contribution in [0.2, 0.25) is 0 Å². The molecule has 13 rings (SSSR count). The molecule has 0 aromatic heterocycles. The molecule has 20 unspecified atom stereocenters. The molecule has 0 heterocycles. The van der Waals surface area contributed by atoms with Gasteiger partial charge in [0.25, 0.3) is 0 Å². The maximum Gasteiger partial charge on any atom is 0.148 e. The second-order valence-corrected chi connectivity index (χ2v) is 31.6. The Bertz CT molecular complexity index is 2670. The van der Waals surface area contributed by atoms with Gasteiger partial charge in [-0.3, -0.25) is 4.79 Å². The molecule has 0 aliphatic heterocycles. The van der Waals surface area contributed by atoms with Crippen LogP contribution in [0, 0.1) is 94.7 Å². The van der Waals surface area contributed by atoms with E-state index < -0.39 is 0 Å². The van der Waals surface area contributed by atoms with Crippen LogP contribution < -0.4 is 0 Å². The van der Waals surface area contributed by atoms with E-state index in [-0.39, 0.29) is 33.5 Å². The van der Waals surface area contributed by atoms with E-state index in [1.807, 2.05) is 0 Å². The highest BCUT2D eigenvalue weighted by atomic mass is 16.1. The van der Waals surface area contributed by atoms with Gasteiger partial charge in [-0.25, -0.2) is 0 Å². The molecule has 9 saturated carbocycles. The van der Waals surface area contributed by atoms with Gasteiger partial charge < -0.3 is 0 Å². The number of benzene rings is 4.